The molecular formula is C34H32ClN3O4S. The molecule has 1 atom stereocenters. The summed E-state index contributed by atoms with van der Waals surface area (Å²) in [6.45, 7) is 6.99. The Morgan fingerprint density at radius 3 is 2.58 bits per heavy atom. The molecule has 0 bridgehead atoms. The van der Waals surface area contributed by atoms with Crippen molar-refractivity contribution in [2.75, 3.05) is 13.7 Å². The fraction of sp³-hybridized carbons (Fsp3) is 0.265. The van der Waals surface area contributed by atoms with Crippen molar-refractivity contribution in [3.63, 3.8) is 0 Å². The smallest absolute Gasteiger partial charge is 0.338 e. The predicted octanol–water partition coefficient (Wildman–Crippen LogP) is 6.37. The van der Waals surface area contributed by atoms with Crippen molar-refractivity contribution in [2.45, 2.75) is 46.2 Å². The van der Waals surface area contributed by atoms with Crippen LogP contribution in [0.3, 0.4) is 0 Å². The molecule has 43 heavy (non-hydrogen) atoms. The normalized spacial score (nSPS) is 15.2. The lowest BCUT2D eigenvalue weighted by molar-refractivity contribution is -0.139. The van der Waals surface area contributed by atoms with Gasteiger partial charge in [0, 0.05) is 38.9 Å². The van der Waals surface area contributed by atoms with Crippen LogP contribution in [0.5, 0.6) is 5.75 Å². The number of hydrogen-bond donors (Lipinski definition) is 0. The molecule has 2 aromatic heterocycles. The van der Waals surface area contributed by atoms with E-state index in [1.165, 1.54) is 22.2 Å². The van der Waals surface area contributed by atoms with E-state index in [0.29, 0.717) is 43.4 Å². The number of carbonyl (C=O) groups is 1. The summed E-state index contributed by atoms with van der Waals surface area (Å²) in [4.78, 5) is 33.1. The number of hydrogen-bond acceptors (Lipinski definition) is 6. The largest absolute Gasteiger partial charge is 0.496 e. The third-order valence-corrected chi connectivity index (χ3v) is 9.01. The van der Waals surface area contributed by atoms with Crippen molar-refractivity contribution in [3.05, 3.63) is 108 Å². The number of fused-ring (bicyclic) bond motifs is 4. The number of esters is 1. The van der Waals surface area contributed by atoms with E-state index in [2.05, 4.69) is 41.8 Å². The third kappa shape index (κ3) is 4.98. The SMILES string of the molecule is CCCC1=C(C(=O)OCC)[C@H](c2cc(Cl)ccc2OC)n2c(s/c(=C/c3ccc4c(c3)c3ccccc3n4CC)c2=O)=N1. The molecule has 7 nitrogen and oxygen atoms in total. The zero-order chi connectivity index (χ0) is 30.2. The minimum absolute atomic E-state index is 0.197. The van der Waals surface area contributed by atoms with Gasteiger partial charge in [0.2, 0.25) is 0 Å². The minimum Gasteiger partial charge on any atom is -0.496 e. The fourth-order valence-corrected chi connectivity index (χ4v) is 7.19. The van der Waals surface area contributed by atoms with Crippen molar-refractivity contribution >= 4 is 56.8 Å². The number of halogens is 1. The first-order valence-electron chi connectivity index (χ1n) is 14.5. The lowest BCUT2D eigenvalue weighted by Crippen LogP contribution is -2.40. The van der Waals surface area contributed by atoms with Crippen LogP contribution >= 0.6 is 22.9 Å². The Kier molecular flexibility index (Phi) is 7.99. The summed E-state index contributed by atoms with van der Waals surface area (Å²) in [5, 5.41) is 2.78. The molecule has 0 aliphatic carbocycles. The van der Waals surface area contributed by atoms with Crippen molar-refractivity contribution in [2.24, 2.45) is 4.99 Å². The van der Waals surface area contributed by atoms with Crippen LogP contribution in [0.2, 0.25) is 5.02 Å². The van der Waals surface area contributed by atoms with Crippen LogP contribution < -0.4 is 19.6 Å². The first-order chi connectivity index (χ1) is 20.9. The number of ether oxygens (including phenoxy) is 2. The highest BCUT2D eigenvalue weighted by atomic mass is 35.5. The summed E-state index contributed by atoms with van der Waals surface area (Å²) in [6.07, 6.45) is 3.22. The predicted molar refractivity (Wildman–Crippen MR) is 173 cm³/mol. The second kappa shape index (κ2) is 11.9. The molecule has 3 heterocycles. The van der Waals surface area contributed by atoms with E-state index in [1.807, 2.05) is 25.1 Å². The number of rotatable bonds is 8. The number of allylic oxidation sites excluding steroid dienone is 1. The highest BCUT2D eigenvalue weighted by Crippen LogP contribution is 2.38. The van der Waals surface area contributed by atoms with Crippen LogP contribution in [0.15, 0.2) is 81.7 Å². The number of methoxy groups -OCH3 is 1. The summed E-state index contributed by atoms with van der Waals surface area (Å²) < 4.78 is 15.6. The number of benzene rings is 3. The highest BCUT2D eigenvalue weighted by Gasteiger charge is 2.36. The Hall–Kier alpha value is -4.14. The molecule has 5 aromatic rings. The van der Waals surface area contributed by atoms with Gasteiger partial charge in [-0.15, -0.1) is 0 Å². The molecule has 0 saturated heterocycles. The number of nitrogens with zero attached hydrogens (tertiary/aromatic N) is 3. The summed E-state index contributed by atoms with van der Waals surface area (Å²) in [6, 6.07) is 19.1. The van der Waals surface area contributed by atoms with E-state index in [-0.39, 0.29) is 12.2 Å². The molecular weight excluding hydrogens is 582 g/mol. The quantitative estimate of drug-likeness (QED) is 0.191. The number of thiazole rings is 1. The average Bonchev–Trinajstić information content (AvgIpc) is 3.49. The summed E-state index contributed by atoms with van der Waals surface area (Å²) in [5.74, 6) is 0.00932. The Morgan fingerprint density at radius 1 is 1.05 bits per heavy atom. The molecule has 3 aromatic carbocycles. The van der Waals surface area contributed by atoms with Gasteiger partial charge in [-0.25, -0.2) is 9.79 Å². The molecule has 0 amide bonds. The van der Waals surface area contributed by atoms with Crippen molar-refractivity contribution in [1.82, 2.24) is 9.13 Å². The van der Waals surface area contributed by atoms with Gasteiger partial charge in [0.1, 0.15) is 11.8 Å². The van der Waals surface area contributed by atoms with Crippen LogP contribution in [-0.4, -0.2) is 28.8 Å². The maximum absolute atomic E-state index is 14.2. The van der Waals surface area contributed by atoms with Crippen LogP contribution in [0.4, 0.5) is 0 Å². The third-order valence-electron chi connectivity index (χ3n) is 7.79. The molecule has 9 heteroatoms. The molecule has 0 fully saturated rings. The maximum Gasteiger partial charge on any atom is 0.338 e. The van der Waals surface area contributed by atoms with Crippen molar-refractivity contribution < 1.29 is 14.3 Å². The second-order valence-electron chi connectivity index (χ2n) is 10.3. The number of carbonyl (C=O) groups excluding carboxylic acids is 1. The Balaban J connectivity index is 1.60. The van der Waals surface area contributed by atoms with Gasteiger partial charge in [0.05, 0.1) is 29.5 Å². The monoisotopic (exact) mass is 613 g/mol. The average molecular weight is 614 g/mol. The summed E-state index contributed by atoms with van der Waals surface area (Å²) in [7, 11) is 1.56. The molecule has 6 rings (SSSR count). The molecule has 1 aliphatic rings. The van der Waals surface area contributed by atoms with Gasteiger partial charge in [0.15, 0.2) is 4.80 Å². The van der Waals surface area contributed by atoms with Crippen LogP contribution in [-0.2, 0) is 16.1 Å². The van der Waals surface area contributed by atoms with Gasteiger partial charge in [0.25, 0.3) is 5.56 Å². The van der Waals surface area contributed by atoms with Gasteiger partial charge >= 0.3 is 5.97 Å². The van der Waals surface area contributed by atoms with Gasteiger partial charge < -0.3 is 14.0 Å². The lowest BCUT2D eigenvalue weighted by atomic mass is 9.93. The van der Waals surface area contributed by atoms with E-state index < -0.39 is 12.0 Å². The molecule has 220 valence electrons. The van der Waals surface area contributed by atoms with Gasteiger partial charge in [-0.2, -0.15) is 0 Å². The van der Waals surface area contributed by atoms with Gasteiger partial charge in [-0.1, -0.05) is 60.5 Å². The van der Waals surface area contributed by atoms with Crippen LogP contribution in [0.1, 0.15) is 50.8 Å². The van der Waals surface area contributed by atoms with Crippen molar-refractivity contribution in [1.29, 1.82) is 0 Å². The number of aromatic nitrogens is 2. The van der Waals surface area contributed by atoms with E-state index >= 15 is 0 Å². The molecule has 0 saturated carbocycles. The summed E-state index contributed by atoms with van der Waals surface area (Å²) >= 11 is 7.77. The van der Waals surface area contributed by atoms with Crippen LogP contribution in [0.25, 0.3) is 27.9 Å². The Morgan fingerprint density at radius 2 is 1.84 bits per heavy atom. The fourth-order valence-electron chi connectivity index (χ4n) is 5.99. The Bertz CT molecular complexity index is 2100. The van der Waals surface area contributed by atoms with Gasteiger partial charge in [-0.3, -0.25) is 9.36 Å². The van der Waals surface area contributed by atoms with Crippen LogP contribution in [0, 0.1) is 0 Å². The number of para-hydroxylation sites is 1. The zero-order valence-electron chi connectivity index (χ0n) is 24.5. The summed E-state index contributed by atoms with van der Waals surface area (Å²) in [5.41, 5.74) is 4.53. The van der Waals surface area contributed by atoms with Crippen molar-refractivity contribution in [3.8, 4) is 5.75 Å². The van der Waals surface area contributed by atoms with E-state index in [0.717, 1.165) is 29.4 Å². The molecule has 0 spiro atoms. The second-order valence-corrected chi connectivity index (χ2v) is 11.8. The molecule has 0 N–H and O–H groups in total. The molecule has 1 aliphatic heterocycles. The zero-order valence-corrected chi connectivity index (χ0v) is 26.1. The maximum atomic E-state index is 14.2. The lowest BCUT2D eigenvalue weighted by Gasteiger charge is -2.27. The number of aryl methyl sites for hydroxylation is 1. The first-order valence-corrected chi connectivity index (χ1v) is 15.7. The van der Waals surface area contributed by atoms with Gasteiger partial charge in [-0.05, 0) is 68.3 Å². The minimum atomic E-state index is -0.808. The van der Waals surface area contributed by atoms with E-state index in [1.54, 1.807) is 36.8 Å². The topological polar surface area (TPSA) is 74.8 Å². The Labute approximate surface area is 258 Å². The molecule has 0 radical (unpaired) electrons. The van der Waals surface area contributed by atoms with E-state index in [9.17, 15) is 9.59 Å². The standard InChI is InChI=1S/C34H32ClN3O4S/c1-5-10-25-30(33(40)42-7-3)31(24-19-21(35)14-16-28(24)41-4)38-32(39)29(43-34(38)36-25)18-20-13-15-27-23(17-20)22-11-8-9-12-26(22)37(27)6-2/h8-9,11-19,31H,5-7,10H2,1-4H3/b29-18+/t31-/m0/s1. The van der Waals surface area contributed by atoms with E-state index in [4.69, 9.17) is 26.1 Å². The first kappa shape index (κ1) is 29.0. The molecule has 0 unspecified atom stereocenters. The highest BCUT2D eigenvalue weighted by molar-refractivity contribution is 7.07.